The molecule has 1 N–H and O–H groups in total. The second kappa shape index (κ2) is 8.86. The van der Waals surface area contributed by atoms with E-state index in [2.05, 4.69) is 39.3 Å². The zero-order chi connectivity index (χ0) is 17.3. The fourth-order valence-electron chi connectivity index (χ4n) is 2.43. The second-order valence-corrected chi connectivity index (χ2v) is 5.86. The van der Waals surface area contributed by atoms with Crippen LogP contribution in [0.25, 0.3) is 0 Å². The molecule has 0 bridgehead atoms. The van der Waals surface area contributed by atoms with Gasteiger partial charge in [-0.1, -0.05) is 72.0 Å². The van der Waals surface area contributed by atoms with Crippen LogP contribution < -0.4 is 5.32 Å². The quantitative estimate of drug-likeness (QED) is 0.417. The number of halogens is 1. The minimum Gasteiger partial charge on any atom is -0.369 e. The molecular formula is C21H18ClN3. The zero-order valence-electron chi connectivity index (χ0n) is 13.7. The number of nitrogens with zero attached hydrogens (tertiary/aromatic N) is 2. The van der Waals surface area contributed by atoms with Crippen LogP contribution in [0, 0.1) is 11.8 Å². The van der Waals surface area contributed by atoms with Crippen LogP contribution in [0.5, 0.6) is 0 Å². The van der Waals surface area contributed by atoms with Gasteiger partial charge in [0.15, 0.2) is 0 Å². The van der Waals surface area contributed by atoms with Gasteiger partial charge in [-0.3, -0.25) is 0 Å². The third kappa shape index (κ3) is 5.07. The van der Waals surface area contributed by atoms with Crippen molar-refractivity contribution in [3.63, 3.8) is 0 Å². The first kappa shape index (κ1) is 17.0. The van der Waals surface area contributed by atoms with E-state index >= 15 is 0 Å². The fourth-order valence-corrected chi connectivity index (χ4v) is 2.63. The minimum absolute atomic E-state index is 0.483. The Kier molecular flexibility index (Phi) is 6.03. The molecule has 3 nitrogen and oxygen atoms in total. The van der Waals surface area contributed by atoms with Gasteiger partial charge in [0.2, 0.25) is 0 Å². The molecule has 0 aliphatic carbocycles. The van der Waals surface area contributed by atoms with Crippen molar-refractivity contribution >= 4 is 17.4 Å². The number of aromatic nitrogens is 2. The van der Waals surface area contributed by atoms with Crippen LogP contribution in [0.2, 0.25) is 5.15 Å². The molecule has 0 saturated heterocycles. The standard InChI is InChI=1S/C21H18ClN3/c22-20-19(15-18-12-5-2-6-13-18)21(25-16-24-20)23-14-8-7-11-17-9-3-1-4-10-17/h1-6,9-10,12-13,16H,8,14-15H2,(H,23,24,25). The Bertz CT molecular complexity index is 868. The molecule has 0 spiro atoms. The van der Waals surface area contributed by atoms with E-state index in [4.69, 9.17) is 11.6 Å². The number of rotatable bonds is 5. The van der Waals surface area contributed by atoms with Gasteiger partial charge in [-0.25, -0.2) is 9.97 Å². The van der Waals surface area contributed by atoms with Crippen molar-refractivity contribution in [2.45, 2.75) is 12.8 Å². The van der Waals surface area contributed by atoms with E-state index in [1.54, 1.807) is 0 Å². The van der Waals surface area contributed by atoms with Crippen LogP contribution in [0.1, 0.15) is 23.1 Å². The van der Waals surface area contributed by atoms with Crippen molar-refractivity contribution in [3.05, 3.63) is 88.8 Å². The van der Waals surface area contributed by atoms with Gasteiger partial charge in [0.05, 0.1) is 0 Å². The van der Waals surface area contributed by atoms with Crippen LogP contribution in [0.3, 0.4) is 0 Å². The van der Waals surface area contributed by atoms with Crippen molar-refractivity contribution in [3.8, 4) is 11.8 Å². The maximum atomic E-state index is 6.28. The smallest absolute Gasteiger partial charge is 0.138 e. The fraction of sp³-hybridized carbons (Fsp3) is 0.143. The van der Waals surface area contributed by atoms with Gasteiger partial charge in [-0.15, -0.1) is 0 Å². The maximum Gasteiger partial charge on any atom is 0.138 e. The van der Waals surface area contributed by atoms with Crippen molar-refractivity contribution in [1.82, 2.24) is 9.97 Å². The molecule has 0 aliphatic heterocycles. The molecule has 0 atom stereocenters. The van der Waals surface area contributed by atoms with E-state index in [1.165, 1.54) is 11.9 Å². The van der Waals surface area contributed by atoms with Gasteiger partial charge in [-0.05, 0) is 17.7 Å². The van der Waals surface area contributed by atoms with E-state index in [0.717, 1.165) is 23.4 Å². The lowest BCUT2D eigenvalue weighted by molar-refractivity contribution is 1.02. The van der Waals surface area contributed by atoms with Gasteiger partial charge >= 0.3 is 0 Å². The van der Waals surface area contributed by atoms with Crippen molar-refractivity contribution in [2.24, 2.45) is 0 Å². The highest BCUT2D eigenvalue weighted by Gasteiger charge is 2.10. The molecule has 0 saturated carbocycles. The van der Waals surface area contributed by atoms with E-state index in [9.17, 15) is 0 Å². The lowest BCUT2D eigenvalue weighted by atomic mass is 10.1. The number of benzene rings is 2. The van der Waals surface area contributed by atoms with Gasteiger partial charge < -0.3 is 5.32 Å². The first-order valence-corrected chi connectivity index (χ1v) is 8.52. The number of hydrogen-bond donors (Lipinski definition) is 1. The highest BCUT2D eigenvalue weighted by molar-refractivity contribution is 6.30. The topological polar surface area (TPSA) is 37.8 Å². The van der Waals surface area contributed by atoms with Crippen LogP contribution in [0.4, 0.5) is 5.82 Å². The third-order valence-electron chi connectivity index (χ3n) is 3.67. The summed E-state index contributed by atoms with van der Waals surface area (Å²) in [6, 6.07) is 20.1. The monoisotopic (exact) mass is 347 g/mol. The van der Waals surface area contributed by atoms with Crippen LogP contribution >= 0.6 is 11.6 Å². The summed E-state index contributed by atoms with van der Waals surface area (Å²) in [6.07, 6.45) is 2.90. The number of hydrogen-bond acceptors (Lipinski definition) is 3. The summed E-state index contributed by atoms with van der Waals surface area (Å²) in [5.41, 5.74) is 3.11. The summed E-state index contributed by atoms with van der Waals surface area (Å²) in [5, 5.41) is 3.81. The summed E-state index contributed by atoms with van der Waals surface area (Å²) in [5.74, 6) is 7.08. The van der Waals surface area contributed by atoms with Gasteiger partial charge in [0, 0.05) is 30.5 Å². The van der Waals surface area contributed by atoms with E-state index < -0.39 is 0 Å². The van der Waals surface area contributed by atoms with Gasteiger partial charge in [0.1, 0.15) is 17.3 Å². The van der Waals surface area contributed by atoms with E-state index in [1.807, 2.05) is 48.5 Å². The Morgan fingerprint density at radius 1 is 0.920 bits per heavy atom. The van der Waals surface area contributed by atoms with E-state index in [0.29, 0.717) is 18.1 Å². The van der Waals surface area contributed by atoms with Crippen LogP contribution in [-0.2, 0) is 6.42 Å². The molecule has 0 radical (unpaired) electrons. The highest BCUT2D eigenvalue weighted by atomic mass is 35.5. The SMILES string of the molecule is Clc1ncnc(NCCC#Cc2ccccc2)c1Cc1ccccc1. The van der Waals surface area contributed by atoms with Crippen LogP contribution in [0.15, 0.2) is 67.0 Å². The Hall–Kier alpha value is -2.83. The van der Waals surface area contributed by atoms with E-state index in [-0.39, 0.29) is 0 Å². The number of anilines is 1. The largest absolute Gasteiger partial charge is 0.369 e. The molecule has 124 valence electrons. The molecule has 0 fully saturated rings. The Morgan fingerprint density at radius 3 is 2.40 bits per heavy atom. The predicted octanol–water partition coefficient (Wildman–Crippen LogP) is 4.57. The molecular weight excluding hydrogens is 330 g/mol. The third-order valence-corrected chi connectivity index (χ3v) is 3.99. The van der Waals surface area contributed by atoms with Crippen molar-refractivity contribution < 1.29 is 0 Å². The summed E-state index contributed by atoms with van der Waals surface area (Å²) >= 11 is 6.28. The predicted molar refractivity (Wildman–Crippen MR) is 103 cm³/mol. The molecule has 3 aromatic rings. The normalized spacial score (nSPS) is 9.96. The van der Waals surface area contributed by atoms with Gasteiger partial charge in [0.25, 0.3) is 0 Å². The first-order chi connectivity index (χ1) is 12.3. The Morgan fingerprint density at radius 2 is 1.64 bits per heavy atom. The van der Waals surface area contributed by atoms with Crippen LogP contribution in [-0.4, -0.2) is 16.5 Å². The molecule has 2 aromatic carbocycles. The summed E-state index contributed by atoms with van der Waals surface area (Å²) < 4.78 is 0. The van der Waals surface area contributed by atoms with Crippen molar-refractivity contribution in [2.75, 3.05) is 11.9 Å². The Labute approximate surface area is 153 Å². The molecule has 25 heavy (non-hydrogen) atoms. The number of nitrogens with one attached hydrogen (secondary N) is 1. The summed E-state index contributed by atoms with van der Waals surface area (Å²) in [7, 11) is 0. The Balaban J connectivity index is 1.63. The molecule has 0 amide bonds. The average molecular weight is 348 g/mol. The summed E-state index contributed by atoms with van der Waals surface area (Å²) in [6.45, 7) is 0.703. The summed E-state index contributed by atoms with van der Waals surface area (Å²) in [4.78, 5) is 8.44. The second-order valence-electron chi connectivity index (χ2n) is 5.50. The van der Waals surface area contributed by atoms with Crippen molar-refractivity contribution in [1.29, 1.82) is 0 Å². The molecule has 0 aliphatic rings. The molecule has 1 heterocycles. The molecule has 1 aromatic heterocycles. The lowest BCUT2D eigenvalue weighted by Crippen LogP contribution is -2.07. The lowest BCUT2D eigenvalue weighted by Gasteiger charge is -2.11. The molecule has 3 rings (SSSR count). The first-order valence-electron chi connectivity index (χ1n) is 8.14. The van der Waals surface area contributed by atoms with Gasteiger partial charge in [-0.2, -0.15) is 0 Å². The maximum absolute atomic E-state index is 6.28. The minimum atomic E-state index is 0.483. The average Bonchev–Trinajstić information content (AvgIpc) is 2.66. The highest BCUT2D eigenvalue weighted by Crippen LogP contribution is 2.23. The molecule has 0 unspecified atom stereocenters. The molecule has 4 heteroatoms. The zero-order valence-corrected chi connectivity index (χ0v) is 14.5.